The Bertz CT molecular complexity index is 715. The van der Waals surface area contributed by atoms with Crippen molar-refractivity contribution in [1.29, 1.82) is 0 Å². The topological polar surface area (TPSA) is 63.7 Å². The predicted molar refractivity (Wildman–Crippen MR) is 80.8 cm³/mol. The second-order valence-electron chi connectivity index (χ2n) is 4.70. The van der Waals surface area contributed by atoms with Crippen LogP contribution in [0.4, 0.5) is 18.0 Å². The maximum atomic E-state index is 12.7. The molecule has 0 saturated carbocycles. The highest BCUT2D eigenvalue weighted by molar-refractivity contribution is 8.18. The lowest BCUT2D eigenvalue weighted by Crippen LogP contribution is -2.34. The lowest BCUT2D eigenvalue weighted by Gasteiger charge is -2.10. The normalized spacial score (nSPS) is 16.8. The highest BCUT2D eigenvalue weighted by atomic mass is 32.2. The fourth-order valence-corrected chi connectivity index (χ4v) is 2.77. The van der Waals surface area contributed by atoms with Gasteiger partial charge in [0, 0.05) is 0 Å². The number of rotatable bonds is 4. The molecule has 0 aromatic heterocycles. The lowest BCUT2D eigenvalue weighted by atomic mass is 10.1. The third kappa shape index (κ3) is 4.16. The standard InChI is InChI=1S/C15H12F3NO4S/c1-2-23-12(20)8-19-13(21)11(24-14(19)22)7-9-4-3-5-10(6-9)15(16,17)18/h3-7H,2,8H2,1H3/b11-7+. The van der Waals surface area contributed by atoms with Crippen LogP contribution in [0.2, 0.25) is 0 Å². The molecule has 9 heteroatoms. The summed E-state index contributed by atoms with van der Waals surface area (Å²) in [7, 11) is 0. The Balaban J connectivity index is 2.21. The monoisotopic (exact) mass is 359 g/mol. The molecule has 1 heterocycles. The van der Waals surface area contributed by atoms with Crippen molar-refractivity contribution in [2.75, 3.05) is 13.2 Å². The van der Waals surface area contributed by atoms with Gasteiger partial charge in [0.25, 0.3) is 11.1 Å². The summed E-state index contributed by atoms with van der Waals surface area (Å²) in [5.74, 6) is -1.48. The van der Waals surface area contributed by atoms with Gasteiger partial charge in [0.2, 0.25) is 0 Å². The molecule has 24 heavy (non-hydrogen) atoms. The van der Waals surface area contributed by atoms with E-state index in [-0.39, 0.29) is 17.1 Å². The maximum Gasteiger partial charge on any atom is 0.416 e. The molecule has 5 nitrogen and oxygen atoms in total. The minimum absolute atomic E-state index is 0.0522. The van der Waals surface area contributed by atoms with E-state index in [0.29, 0.717) is 16.7 Å². The van der Waals surface area contributed by atoms with Gasteiger partial charge in [-0.2, -0.15) is 13.2 Å². The van der Waals surface area contributed by atoms with Crippen LogP contribution in [0.3, 0.4) is 0 Å². The summed E-state index contributed by atoms with van der Waals surface area (Å²) < 4.78 is 42.7. The molecule has 0 radical (unpaired) electrons. The molecular weight excluding hydrogens is 347 g/mol. The van der Waals surface area contributed by atoms with Crippen molar-refractivity contribution in [3.8, 4) is 0 Å². The molecule has 0 unspecified atom stereocenters. The Morgan fingerprint density at radius 1 is 1.33 bits per heavy atom. The summed E-state index contributed by atoms with van der Waals surface area (Å²) in [5, 5.41) is -0.675. The van der Waals surface area contributed by atoms with Crippen LogP contribution in [0.15, 0.2) is 29.2 Å². The maximum absolute atomic E-state index is 12.7. The first-order valence-corrected chi connectivity index (χ1v) is 7.62. The van der Waals surface area contributed by atoms with Gasteiger partial charge in [-0.05, 0) is 42.5 Å². The lowest BCUT2D eigenvalue weighted by molar-refractivity contribution is -0.146. The van der Waals surface area contributed by atoms with Crippen molar-refractivity contribution in [3.63, 3.8) is 0 Å². The first-order valence-electron chi connectivity index (χ1n) is 6.80. The summed E-state index contributed by atoms with van der Waals surface area (Å²) in [6.07, 6.45) is -3.32. The molecular formula is C15H12F3NO4S. The fourth-order valence-electron chi connectivity index (χ4n) is 1.93. The van der Waals surface area contributed by atoms with Gasteiger partial charge < -0.3 is 4.74 Å². The summed E-state index contributed by atoms with van der Waals surface area (Å²) in [5.41, 5.74) is -0.728. The average Bonchev–Trinajstić information content (AvgIpc) is 2.75. The van der Waals surface area contributed by atoms with E-state index in [1.54, 1.807) is 6.92 Å². The number of carbonyl (C=O) groups is 3. The number of ether oxygens (including phenoxy) is 1. The van der Waals surface area contributed by atoms with E-state index < -0.39 is 35.4 Å². The van der Waals surface area contributed by atoms with Crippen LogP contribution in [-0.4, -0.2) is 35.2 Å². The molecule has 0 N–H and O–H groups in total. The second kappa shape index (κ2) is 7.08. The Hall–Kier alpha value is -2.29. The van der Waals surface area contributed by atoms with Crippen LogP contribution in [-0.2, 0) is 20.5 Å². The number of hydrogen-bond acceptors (Lipinski definition) is 5. The largest absolute Gasteiger partial charge is 0.465 e. The number of benzene rings is 1. The Morgan fingerprint density at radius 2 is 2.04 bits per heavy atom. The number of alkyl halides is 3. The number of nitrogens with zero attached hydrogens (tertiary/aromatic N) is 1. The number of hydrogen-bond donors (Lipinski definition) is 0. The van der Waals surface area contributed by atoms with Gasteiger partial charge >= 0.3 is 12.1 Å². The van der Waals surface area contributed by atoms with E-state index in [2.05, 4.69) is 4.74 Å². The van der Waals surface area contributed by atoms with Crippen LogP contribution in [0.25, 0.3) is 6.08 Å². The fraction of sp³-hybridized carbons (Fsp3) is 0.267. The minimum Gasteiger partial charge on any atom is -0.465 e. The van der Waals surface area contributed by atoms with Gasteiger partial charge in [0.1, 0.15) is 6.54 Å². The van der Waals surface area contributed by atoms with E-state index in [1.807, 2.05) is 0 Å². The molecule has 0 aliphatic carbocycles. The van der Waals surface area contributed by atoms with Crippen molar-refractivity contribution in [1.82, 2.24) is 4.90 Å². The Morgan fingerprint density at radius 3 is 2.67 bits per heavy atom. The minimum atomic E-state index is -4.51. The van der Waals surface area contributed by atoms with Gasteiger partial charge in [-0.25, -0.2) is 0 Å². The third-order valence-corrected chi connectivity index (χ3v) is 3.89. The van der Waals surface area contributed by atoms with E-state index in [0.717, 1.165) is 12.1 Å². The zero-order chi connectivity index (χ0) is 17.9. The van der Waals surface area contributed by atoms with E-state index in [4.69, 9.17) is 0 Å². The summed E-state index contributed by atoms with van der Waals surface area (Å²) in [6, 6.07) is 4.37. The van der Waals surface area contributed by atoms with Crippen LogP contribution in [0.5, 0.6) is 0 Å². The Labute approximate surface area is 139 Å². The van der Waals surface area contributed by atoms with Crippen molar-refractivity contribution >= 4 is 35.0 Å². The molecule has 1 aliphatic heterocycles. The van der Waals surface area contributed by atoms with Gasteiger partial charge in [0.15, 0.2) is 0 Å². The Kier molecular flexibility index (Phi) is 5.33. The van der Waals surface area contributed by atoms with E-state index >= 15 is 0 Å². The molecule has 0 spiro atoms. The predicted octanol–water partition coefficient (Wildman–Crippen LogP) is 3.30. The molecule has 0 atom stereocenters. The summed E-state index contributed by atoms with van der Waals surface area (Å²) >= 11 is 0.560. The van der Waals surface area contributed by atoms with Crippen LogP contribution in [0.1, 0.15) is 18.1 Å². The molecule has 1 fully saturated rings. The molecule has 1 saturated heterocycles. The summed E-state index contributed by atoms with van der Waals surface area (Å²) in [4.78, 5) is 36.0. The van der Waals surface area contributed by atoms with Crippen LogP contribution in [0, 0.1) is 0 Å². The molecule has 2 amide bonds. The highest BCUT2D eigenvalue weighted by Gasteiger charge is 2.37. The van der Waals surface area contributed by atoms with E-state index in [9.17, 15) is 27.6 Å². The third-order valence-electron chi connectivity index (χ3n) is 2.98. The van der Waals surface area contributed by atoms with Crippen molar-refractivity contribution in [2.45, 2.75) is 13.1 Å². The number of halogens is 3. The van der Waals surface area contributed by atoms with Gasteiger partial charge in [0.05, 0.1) is 17.1 Å². The number of thioether (sulfide) groups is 1. The zero-order valence-corrected chi connectivity index (χ0v) is 13.2. The number of amides is 2. The SMILES string of the molecule is CCOC(=O)CN1C(=O)S/C(=C/c2cccc(C(F)(F)F)c2)C1=O. The molecule has 0 bridgehead atoms. The van der Waals surface area contributed by atoms with E-state index in [1.165, 1.54) is 18.2 Å². The summed E-state index contributed by atoms with van der Waals surface area (Å²) in [6.45, 7) is 1.16. The second-order valence-corrected chi connectivity index (χ2v) is 5.69. The number of carbonyl (C=O) groups excluding carboxylic acids is 3. The van der Waals surface area contributed by atoms with Gasteiger partial charge in [-0.1, -0.05) is 12.1 Å². The first-order chi connectivity index (χ1) is 11.2. The van der Waals surface area contributed by atoms with Gasteiger partial charge in [-0.3, -0.25) is 19.3 Å². The zero-order valence-electron chi connectivity index (χ0n) is 12.4. The van der Waals surface area contributed by atoms with Gasteiger partial charge in [-0.15, -0.1) is 0 Å². The van der Waals surface area contributed by atoms with Crippen molar-refractivity contribution in [3.05, 3.63) is 40.3 Å². The molecule has 2 rings (SSSR count). The molecule has 128 valence electrons. The van der Waals surface area contributed by atoms with Crippen molar-refractivity contribution in [2.24, 2.45) is 0 Å². The van der Waals surface area contributed by atoms with Crippen molar-refractivity contribution < 1.29 is 32.3 Å². The first kappa shape index (κ1) is 18.1. The quantitative estimate of drug-likeness (QED) is 0.610. The molecule has 1 aromatic rings. The smallest absolute Gasteiger partial charge is 0.416 e. The van der Waals surface area contributed by atoms with Crippen LogP contribution >= 0.6 is 11.8 Å². The number of esters is 1. The number of imide groups is 1. The molecule has 1 aliphatic rings. The average molecular weight is 359 g/mol. The van der Waals surface area contributed by atoms with Crippen LogP contribution < -0.4 is 0 Å². The molecule has 1 aromatic carbocycles. The highest BCUT2D eigenvalue weighted by Crippen LogP contribution is 2.34.